The van der Waals surface area contributed by atoms with Crippen molar-refractivity contribution in [1.29, 1.82) is 0 Å². The molecule has 1 atom stereocenters. The highest BCUT2D eigenvalue weighted by Crippen LogP contribution is 2.26. The lowest BCUT2D eigenvalue weighted by Crippen LogP contribution is -2.34. The van der Waals surface area contributed by atoms with Crippen LogP contribution < -0.4 is 11.1 Å². The van der Waals surface area contributed by atoms with Crippen molar-refractivity contribution in [2.24, 2.45) is 5.73 Å². The number of anilines is 1. The minimum absolute atomic E-state index is 0.378. The molecule has 3 nitrogen and oxygen atoms in total. The number of nitrogens with one attached hydrogen (secondary N) is 1. The monoisotopic (exact) mass is 290 g/mol. The van der Waals surface area contributed by atoms with Crippen molar-refractivity contribution in [3.05, 3.63) is 27.7 Å². The maximum absolute atomic E-state index is 11.0. The summed E-state index contributed by atoms with van der Waals surface area (Å²) in [7, 11) is 0. The predicted octanol–water partition coefficient (Wildman–Crippen LogP) is 2.78. The number of rotatable bonds is 4. The van der Waals surface area contributed by atoms with Gasteiger partial charge >= 0.3 is 0 Å². The second-order valence-corrected chi connectivity index (χ2v) is 4.45. The summed E-state index contributed by atoms with van der Waals surface area (Å²) in [6, 6.07) is 5.03. The molecule has 0 aliphatic heterocycles. The van der Waals surface area contributed by atoms with Gasteiger partial charge in [-0.1, -0.05) is 34.5 Å². The smallest absolute Gasteiger partial charge is 0.239 e. The zero-order valence-corrected chi connectivity index (χ0v) is 10.6. The number of hydrogen-bond donors (Lipinski definition) is 2. The Balaban J connectivity index is 2.84. The van der Waals surface area contributed by atoms with E-state index in [1.54, 1.807) is 12.1 Å². The van der Waals surface area contributed by atoms with E-state index in [2.05, 4.69) is 21.2 Å². The maximum Gasteiger partial charge on any atom is 0.239 e. The van der Waals surface area contributed by atoms with Crippen molar-refractivity contribution in [3.63, 3.8) is 0 Å². The van der Waals surface area contributed by atoms with Gasteiger partial charge in [-0.3, -0.25) is 4.79 Å². The number of amides is 1. The Morgan fingerprint density at radius 3 is 2.80 bits per heavy atom. The molecule has 0 bridgehead atoms. The summed E-state index contributed by atoms with van der Waals surface area (Å²) >= 11 is 9.30. The van der Waals surface area contributed by atoms with Crippen LogP contribution >= 0.6 is 27.5 Å². The molecule has 0 heterocycles. The van der Waals surface area contributed by atoms with Crippen LogP contribution in [0.3, 0.4) is 0 Å². The quantitative estimate of drug-likeness (QED) is 0.896. The van der Waals surface area contributed by atoms with E-state index in [-0.39, 0.29) is 11.9 Å². The van der Waals surface area contributed by atoms with Crippen LogP contribution in [0.2, 0.25) is 5.02 Å². The summed E-state index contributed by atoms with van der Waals surface area (Å²) in [6.45, 7) is 1.88. The molecule has 1 aromatic rings. The molecule has 1 unspecified atom stereocenters. The molecule has 0 radical (unpaired) electrons. The van der Waals surface area contributed by atoms with Crippen LogP contribution in [0.4, 0.5) is 5.69 Å². The Morgan fingerprint density at radius 1 is 1.67 bits per heavy atom. The van der Waals surface area contributed by atoms with Crippen LogP contribution in [-0.4, -0.2) is 11.9 Å². The fourth-order valence-corrected chi connectivity index (χ4v) is 1.90. The van der Waals surface area contributed by atoms with Crippen molar-refractivity contribution in [1.82, 2.24) is 0 Å². The molecule has 0 spiro atoms. The second-order valence-electron chi connectivity index (χ2n) is 3.13. The molecule has 0 saturated heterocycles. The average molecular weight is 292 g/mol. The molecule has 0 aromatic heterocycles. The molecule has 1 rings (SSSR count). The summed E-state index contributed by atoms with van der Waals surface area (Å²) in [6.07, 6.45) is 0.627. The van der Waals surface area contributed by atoms with Gasteiger partial charge in [-0.25, -0.2) is 0 Å². The number of carbonyl (C=O) groups excluding carboxylic acids is 1. The number of carbonyl (C=O) groups is 1. The van der Waals surface area contributed by atoms with Gasteiger partial charge in [0.15, 0.2) is 0 Å². The van der Waals surface area contributed by atoms with E-state index in [0.717, 1.165) is 4.47 Å². The number of hydrogen-bond acceptors (Lipinski definition) is 2. The first-order valence-corrected chi connectivity index (χ1v) is 5.72. The topological polar surface area (TPSA) is 55.1 Å². The van der Waals surface area contributed by atoms with Gasteiger partial charge in [-0.2, -0.15) is 0 Å². The molecule has 0 aliphatic rings. The summed E-state index contributed by atoms with van der Waals surface area (Å²) < 4.78 is 0.894. The Kier molecular flexibility index (Phi) is 4.42. The average Bonchev–Trinajstić information content (AvgIpc) is 2.16. The third kappa shape index (κ3) is 3.39. The van der Waals surface area contributed by atoms with Gasteiger partial charge in [0, 0.05) is 4.47 Å². The van der Waals surface area contributed by atoms with Crippen LogP contribution in [0, 0.1) is 0 Å². The van der Waals surface area contributed by atoms with Gasteiger partial charge in [-0.05, 0) is 24.6 Å². The number of nitrogens with two attached hydrogens (primary N) is 1. The number of halogens is 2. The van der Waals surface area contributed by atoms with Crippen molar-refractivity contribution in [2.45, 2.75) is 19.4 Å². The Morgan fingerprint density at radius 2 is 2.33 bits per heavy atom. The molecule has 1 amide bonds. The first kappa shape index (κ1) is 12.3. The fraction of sp³-hybridized carbons (Fsp3) is 0.300. The predicted molar refractivity (Wildman–Crippen MR) is 66.0 cm³/mol. The molecule has 0 aliphatic carbocycles. The van der Waals surface area contributed by atoms with Crippen LogP contribution in [0.5, 0.6) is 0 Å². The minimum atomic E-state index is -0.385. The standard InChI is InChI=1S/C10H12BrClN2O/c1-2-8(10(13)15)14-9-4-3-6(11)5-7(9)12/h3-5,8,14H,2H2,1H3,(H2,13,15). The zero-order chi connectivity index (χ0) is 11.4. The highest BCUT2D eigenvalue weighted by atomic mass is 79.9. The molecule has 0 fully saturated rings. The Hall–Kier alpha value is -0.740. The van der Waals surface area contributed by atoms with Crippen molar-refractivity contribution >= 4 is 39.1 Å². The number of benzene rings is 1. The lowest BCUT2D eigenvalue weighted by molar-refractivity contribution is -0.118. The molecule has 5 heteroatoms. The normalized spacial score (nSPS) is 12.2. The van der Waals surface area contributed by atoms with Crippen LogP contribution in [0.25, 0.3) is 0 Å². The van der Waals surface area contributed by atoms with Gasteiger partial charge in [-0.15, -0.1) is 0 Å². The second kappa shape index (κ2) is 5.37. The molecular formula is C10H12BrClN2O. The maximum atomic E-state index is 11.0. The van der Waals surface area contributed by atoms with E-state index in [1.807, 2.05) is 13.0 Å². The van der Waals surface area contributed by atoms with E-state index in [9.17, 15) is 4.79 Å². The van der Waals surface area contributed by atoms with E-state index < -0.39 is 0 Å². The first-order valence-electron chi connectivity index (χ1n) is 4.55. The summed E-state index contributed by atoms with van der Waals surface area (Å²) in [4.78, 5) is 11.0. The van der Waals surface area contributed by atoms with Crippen molar-refractivity contribution < 1.29 is 4.79 Å². The van der Waals surface area contributed by atoms with E-state index in [4.69, 9.17) is 17.3 Å². The van der Waals surface area contributed by atoms with Gasteiger partial charge in [0.1, 0.15) is 6.04 Å². The highest BCUT2D eigenvalue weighted by molar-refractivity contribution is 9.10. The van der Waals surface area contributed by atoms with Gasteiger partial charge < -0.3 is 11.1 Å². The lowest BCUT2D eigenvalue weighted by Gasteiger charge is -2.15. The summed E-state index contributed by atoms with van der Waals surface area (Å²) in [5, 5.41) is 3.56. The number of primary amides is 1. The molecule has 0 saturated carbocycles. The van der Waals surface area contributed by atoms with Gasteiger partial charge in [0.05, 0.1) is 10.7 Å². The van der Waals surface area contributed by atoms with E-state index in [0.29, 0.717) is 17.1 Å². The third-order valence-electron chi connectivity index (χ3n) is 2.01. The SMILES string of the molecule is CCC(Nc1ccc(Br)cc1Cl)C(N)=O. The lowest BCUT2D eigenvalue weighted by atomic mass is 10.2. The largest absolute Gasteiger partial charge is 0.372 e. The molecule has 1 aromatic carbocycles. The summed E-state index contributed by atoms with van der Waals surface area (Å²) in [5.41, 5.74) is 5.93. The molecular weight excluding hydrogens is 279 g/mol. The fourth-order valence-electron chi connectivity index (χ4n) is 1.17. The zero-order valence-electron chi connectivity index (χ0n) is 8.26. The summed E-state index contributed by atoms with van der Waals surface area (Å²) in [5.74, 6) is -0.378. The van der Waals surface area contributed by atoms with Crippen molar-refractivity contribution in [2.75, 3.05) is 5.32 Å². The Labute approximate surface area is 102 Å². The molecule has 15 heavy (non-hydrogen) atoms. The van der Waals surface area contributed by atoms with Crippen LogP contribution in [0.15, 0.2) is 22.7 Å². The Bertz CT molecular complexity index is 370. The van der Waals surface area contributed by atoms with Gasteiger partial charge in [0.25, 0.3) is 0 Å². The van der Waals surface area contributed by atoms with Crippen molar-refractivity contribution in [3.8, 4) is 0 Å². The van der Waals surface area contributed by atoms with Crippen LogP contribution in [-0.2, 0) is 4.79 Å². The first-order chi connectivity index (χ1) is 7.04. The van der Waals surface area contributed by atoms with E-state index in [1.165, 1.54) is 0 Å². The van der Waals surface area contributed by atoms with E-state index >= 15 is 0 Å². The highest BCUT2D eigenvalue weighted by Gasteiger charge is 2.13. The third-order valence-corrected chi connectivity index (χ3v) is 2.82. The van der Waals surface area contributed by atoms with Gasteiger partial charge in [0.2, 0.25) is 5.91 Å². The van der Waals surface area contributed by atoms with Crippen LogP contribution in [0.1, 0.15) is 13.3 Å². The molecule has 82 valence electrons. The molecule has 3 N–H and O–H groups in total. The minimum Gasteiger partial charge on any atom is -0.372 e.